The molecule has 0 radical (unpaired) electrons. The molecule has 0 fully saturated rings. The van der Waals surface area contributed by atoms with Gasteiger partial charge < -0.3 is 29.2 Å². The molecule has 0 aromatic heterocycles. The van der Waals surface area contributed by atoms with Crippen molar-refractivity contribution in [2.45, 2.75) is 19.1 Å². The predicted octanol–water partition coefficient (Wildman–Crippen LogP) is 2.80. The second kappa shape index (κ2) is 9.17. The molecular formula is C21H24O6. The first kappa shape index (κ1) is 20.4. The Balaban J connectivity index is 2.28. The molecule has 2 atom stereocenters. The summed E-state index contributed by atoms with van der Waals surface area (Å²) < 4.78 is 21.1. The van der Waals surface area contributed by atoms with E-state index in [1.165, 1.54) is 21.3 Å². The monoisotopic (exact) mass is 372 g/mol. The quantitative estimate of drug-likeness (QED) is 0.760. The van der Waals surface area contributed by atoms with Gasteiger partial charge in [0.1, 0.15) is 18.0 Å². The average molecular weight is 372 g/mol. The summed E-state index contributed by atoms with van der Waals surface area (Å²) in [6, 6.07) is 8.56. The molecule has 0 saturated heterocycles. The van der Waals surface area contributed by atoms with E-state index in [0.717, 1.165) is 5.56 Å². The third-order valence-electron chi connectivity index (χ3n) is 4.11. The van der Waals surface area contributed by atoms with Gasteiger partial charge in [-0.05, 0) is 36.2 Å². The maximum Gasteiger partial charge on any atom is 0.203 e. The lowest BCUT2D eigenvalue weighted by Crippen LogP contribution is -2.01. The highest BCUT2D eigenvalue weighted by molar-refractivity contribution is 5.55. The zero-order valence-electron chi connectivity index (χ0n) is 16.1. The molecule has 6 heteroatoms. The van der Waals surface area contributed by atoms with Gasteiger partial charge in [-0.1, -0.05) is 24.0 Å². The molecule has 0 aliphatic rings. The normalized spacial score (nSPS) is 12.4. The summed E-state index contributed by atoms with van der Waals surface area (Å²) >= 11 is 0. The first-order valence-corrected chi connectivity index (χ1v) is 8.26. The molecule has 0 spiro atoms. The van der Waals surface area contributed by atoms with Crippen LogP contribution in [0.2, 0.25) is 0 Å². The van der Waals surface area contributed by atoms with Crippen LogP contribution >= 0.6 is 0 Å². The second-order valence-corrected chi connectivity index (χ2v) is 5.78. The van der Waals surface area contributed by atoms with Gasteiger partial charge in [-0.2, -0.15) is 0 Å². The van der Waals surface area contributed by atoms with Crippen LogP contribution in [0.25, 0.3) is 0 Å². The van der Waals surface area contributed by atoms with Crippen molar-refractivity contribution in [3.05, 3.63) is 47.0 Å². The molecule has 2 unspecified atom stereocenters. The summed E-state index contributed by atoms with van der Waals surface area (Å²) in [7, 11) is 6.06. The van der Waals surface area contributed by atoms with Gasteiger partial charge in [0.25, 0.3) is 0 Å². The lowest BCUT2D eigenvalue weighted by atomic mass is 10.0. The van der Waals surface area contributed by atoms with E-state index in [2.05, 4.69) is 11.8 Å². The van der Waals surface area contributed by atoms with Crippen molar-refractivity contribution in [1.82, 2.24) is 0 Å². The van der Waals surface area contributed by atoms with Crippen LogP contribution in [0.4, 0.5) is 0 Å². The minimum absolute atomic E-state index is 0.413. The fourth-order valence-electron chi connectivity index (χ4n) is 2.59. The molecule has 27 heavy (non-hydrogen) atoms. The molecule has 2 N–H and O–H groups in total. The molecule has 2 aromatic carbocycles. The Kier molecular flexibility index (Phi) is 6.94. The van der Waals surface area contributed by atoms with Crippen LogP contribution in [0.3, 0.4) is 0 Å². The van der Waals surface area contributed by atoms with Crippen molar-refractivity contribution in [2.75, 3.05) is 28.4 Å². The number of benzene rings is 2. The molecule has 0 bridgehead atoms. The van der Waals surface area contributed by atoms with Gasteiger partial charge in [0.15, 0.2) is 11.5 Å². The van der Waals surface area contributed by atoms with Crippen molar-refractivity contribution in [2.24, 2.45) is 0 Å². The zero-order valence-corrected chi connectivity index (χ0v) is 16.1. The van der Waals surface area contributed by atoms with Gasteiger partial charge in [0.2, 0.25) is 5.75 Å². The van der Waals surface area contributed by atoms with Crippen LogP contribution in [0.5, 0.6) is 23.0 Å². The molecule has 0 aliphatic heterocycles. The Hall–Kier alpha value is -2.88. The van der Waals surface area contributed by atoms with Crippen LogP contribution in [0, 0.1) is 18.8 Å². The van der Waals surface area contributed by atoms with Gasteiger partial charge in [-0.15, -0.1) is 0 Å². The Morgan fingerprint density at radius 1 is 0.704 bits per heavy atom. The molecular weight excluding hydrogens is 348 g/mol. The summed E-state index contributed by atoms with van der Waals surface area (Å²) in [6.45, 7) is 1.91. The molecule has 0 saturated carbocycles. The largest absolute Gasteiger partial charge is 0.496 e. The number of aliphatic hydroxyl groups is 2. The fraction of sp³-hybridized carbons (Fsp3) is 0.333. The average Bonchev–Trinajstić information content (AvgIpc) is 2.70. The van der Waals surface area contributed by atoms with E-state index in [-0.39, 0.29) is 0 Å². The number of hydrogen-bond donors (Lipinski definition) is 2. The summed E-state index contributed by atoms with van der Waals surface area (Å²) in [6.07, 6.45) is -2.20. The smallest absolute Gasteiger partial charge is 0.203 e. The maximum absolute atomic E-state index is 10.4. The van der Waals surface area contributed by atoms with Gasteiger partial charge >= 0.3 is 0 Å². The molecule has 2 rings (SSSR count). The third-order valence-corrected chi connectivity index (χ3v) is 4.11. The number of ether oxygens (including phenoxy) is 4. The molecule has 0 amide bonds. The van der Waals surface area contributed by atoms with Crippen LogP contribution in [-0.2, 0) is 0 Å². The number of aliphatic hydroxyl groups excluding tert-OH is 2. The SMILES string of the molecule is COc1cc(C(O)C#CC(O)c2cc(OC)c(OC)c(OC)c2)ccc1C. The first-order valence-electron chi connectivity index (χ1n) is 8.26. The molecule has 6 nitrogen and oxygen atoms in total. The van der Waals surface area contributed by atoms with Gasteiger partial charge in [0.05, 0.1) is 28.4 Å². The molecule has 2 aromatic rings. The van der Waals surface area contributed by atoms with Gasteiger partial charge in [0, 0.05) is 5.56 Å². The minimum atomic E-state index is -1.14. The number of hydrogen-bond acceptors (Lipinski definition) is 6. The van der Waals surface area contributed by atoms with E-state index in [9.17, 15) is 10.2 Å². The Morgan fingerprint density at radius 3 is 1.67 bits per heavy atom. The van der Waals surface area contributed by atoms with Crippen molar-refractivity contribution < 1.29 is 29.2 Å². The topological polar surface area (TPSA) is 77.4 Å². The molecule has 0 heterocycles. The lowest BCUT2D eigenvalue weighted by Gasteiger charge is -2.15. The van der Waals surface area contributed by atoms with Crippen molar-refractivity contribution in [3.8, 4) is 34.8 Å². The van der Waals surface area contributed by atoms with E-state index in [0.29, 0.717) is 34.1 Å². The van der Waals surface area contributed by atoms with E-state index in [4.69, 9.17) is 18.9 Å². The Bertz CT molecular complexity index is 824. The second-order valence-electron chi connectivity index (χ2n) is 5.78. The molecule has 0 aliphatic carbocycles. The van der Waals surface area contributed by atoms with Crippen molar-refractivity contribution >= 4 is 0 Å². The number of aryl methyl sites for hydroxylation is 1. The highest BCUT2D eigenvalue weighted by Gasteiger charge is 2.16. The Morgan fingerprint density at radius 2 is 1.19 bits per heavy atom. The number of methoxy groups -OCH3 is 4. The first-order chi connectivity index (χ1) is 12.9. The Labute approximate surface area is 159 Å². The zero-order chi connectivity index (χ0) is 20.0. The highest BCUT2D eigenvalue weighted by atomic mass is 16.5. The lowest BCUT2D eigenvalue weighted by molar-refractivity contribution is 0.226. The van der Waals surface area contributed by atoms with E-state index < -0.39 is 12.2 Å². The summed E-state index contributed by atoms with van der Waals surface area (Å²) in [4.78, 5) is 0. The summed E-state index contributed by atoms with van der Waals surface area (Å²) in [5.41, 5.74) is 2.01. The summed E-state index contributed by atoms with van der Waals surface area (Å²) in [5, 5.41) is 20.7. The van der Waals surface area contributed by atoms with Crippen LogP contribution in [0.15, 0.2) is 30.3 Å². The number of rotatable bonds is 6. The van der Waals surface area contributed by atoms with Crippen LogP contribution in [-0.4, -0.2) is 38.7 Å². The van der Waals surface area contributed by atoms with E-state index in [1.807, 2.05) is 13.0 Å². The van der Waals surface area contributed by atoms with Crippen molar-refractivity contribution in [3.63, 3.8) is 0 Å². The minimum Gasteiger partial charge on any atom is -0.496 e. The fourth-order valence-corrected chi connectivity index (χ4v) is 2.59. The van der Waals surface area contributed by atoms with Gasteiger partial charge in [-0.25, -0.2) is 0 Å². The van der Waals surface area contributed by atoms with Crippen molar-refractivity contribution in [1.29, 1.82) is 0 Å². The van der Waals surface area contributed by atoms with E-state index >= 15 is 0 Å². The predicted molar refractivity (Wildman–Crippen MR) is 102 cm³/mol. The van der Waals surface area contributed by atoms with E-state index in [1.54, 1.807) is 31.4 Å². The third kappa shape index (κ3) is 4.64. The molecule has 144 valence electrons. The van der Waals surface area contributed by atoms with Gasteiger partial charge in [-0.3, -0.25) is 0 Å². The standard InChI is InChI=1S/C21H24O6/c1-13-6-7-14(10-18(13)24-2)16(22)8-9-17(23)15-11-19(25-3)21(27-5)20(12-15)26-4/h6-7,10-12,16-17,22-23H,1-5H3. The van der Waals surface area contributed by atoms with Crippen LogP contribution in [0.1, 0.15) is 28.9 Å². The van der Waals surface area contributed by atoms with Crippen LogP contribution < -0.4 is 18.9 Å². The maximum atomic E-state index is 10.4. The highest BCUT2D eigenvalue weighted by Crippen LogP contribution is 2.39. The summed E-state index contributed by atoms with van der Waals surface area (Å²) in [5.74, 6) is 7.23.